The van der Waals surface area contributed by atoms with Crippen LogP contribution in [0.25, 0.3) is 0 Å². The normalized spacial score (nSPS) is 10.2. The van der Waals surface area contributed by atoms with Crippen LogP contribution < -0.4 is 10.6 Å². The number of anilines is 2. The molecule has 2 N–H and O–H groups in total. The zero-order chi connectivity index (χ0) is 15.0. The Bertz CT molecular complexity index is 645. The Morgan fingerprint density at radius 3 is 2.00 bits per heavy atom. The third-order valence-corrected chi connectivity index (χ3v) is 2.98. The maximum Gasteiger partial charge on any atom is 0.244 e. The van der Waals surface area contributed by atoms with E-state index in [0.29, 0.717) is 24.9 Å². The maximum absolute atomic E-state index is 4.38. The fourth-order valence-electron chi connectivity index (χ4n) is 1.84. The Labute approximate surface area is 127 Å². The molecule has 0 amide bonds. The molecule has 0 aliphatic carbocycles. The second kappa shape index (κ2) is 7.07. The third kappa shape index (κ3) is 3.95. The molecule has 7 nitrogen and oxygen atoms in total. The molecule has 0 saturated carbocycles. The highest BCUT2D eigenvalue weighted by atomic mass is 15.3. The van der Waals surface area contributed by atoms with Gasteiger partial charge in [-0.05, 0) is 35.4 Å². The molecule has 110 valence electrons. The van der Waals surface area contributed by atoms with Crippen molar-refractivity contribution in [1.82, 2.24) is 25.1 Å². The summed E-state index contributed by atoms with van der Waals surface area (Å²) in [5.41, 5.74) is 2.23. The number of aromatic nitrogens is 5. The fraction of sp³-hybridized carbons (Fsp3) is 0.133. The second-order valence-electron chi connectivity index (χ2n) is 4.58. The van der Waals surface area contributed by atoms with E-state index in [4.69, 9.17) is 0 Å². The number of pyridine rings is 2. The van der Waals surface area contributed by atoms with Gasteiger partial charge in [-0.2, -0.15) is 10.1 Å². The molecule has 0 fully saturated rings. The van der Waals surface area contributed by atoms with Crippen LogP contribution in [0.4, 0.5) is 11.8 Å². The average Bonchev–Trinajstić information content (AvgIpc) is 2.60. The summed E-state index contributed by atoms with van der Waals surface area (Å²) in [7, 11) is 0. The summed E-state index contributed by atoms with van der Waals surface area (Å²) in [5, 5.41) is 14.3. The van der Waals surface area contributed by atoms with Crippen molar-refractivity contribution in [2.24, 2.45) is 0 Å². The fourth-order valence-corrected chi connectivity index (χ4v) is 1.84. The van der Waals surface area contributed by atoms with Gasteiger partial charge in [-0.1, -0.05) is 0 Å². The van der Waals surface area contributed by atoms with Gasteiger partial charge in [0.15, 0.2) is 5.82 Å². The smallest absolute Gasteiger partial charge is 0.244 e. The highest BCUT2D eigenvalue weighted by Crippen LogP contribution is 2.07. The molecule has 0 unspecified atom stereocenters. The van der Waals surface area contributed by atoms with E-state index >= 15 is 0 Å². The van der Waals surface area contributed by atoms with E-state index in [1.165, 1.54) is 0 Å². The molecule has 7 heteroatoms. The molecule has 3 aromatic rings. The Morgan fingerprint density at radius 2 is 1.36 bits per heavy atom. The first-order valence-electron chi connectivity index (χ1n) is 6.85. The molecule has 0 radical (unpaired) electrons. The first-order chi connectivity index (χ1) is 10.9. The second-order valence-corrected chi connectivity index (χ2v) is 4.58. The number of nitrogens with zero attached hydrogens (tertiary/aromatic N) is 5. The maximum atomic E-state index is 4.38. The summed E-state index contributed by atoms with van der Waals surface area (Å²) in [5.74, 6) is 1.15. The minimum Gasteiger partial charge on any atom is -0.365 e. The lowest BCUT2D eigenvalue weighted by Gasteiger charge is -2.07. The molecule has 0 aliphatic heterocycles. The average molecular weight is 293 g/mol. The lowest BCUT2D eigenvalue weighted by atomic mass is 10.3. The van der Waals surface area contributed by atoms with Crippen LogP contribution in [0.1, 0.15) is 11.1 Å². The van der Waals surface area contributed by atoms with Crippen molar-refractivity contribution in [3.8, 4) is 0 Å². The predicted octanol–water partition coefficient (Wildman–Crippen LogP) is 1.89. The standard InChI is InChI=1S/C15H15N7/c1-5-16-6-2-12(1)9-18-14-11-20-22-15(21-14)19-10-13-3-7-17-8-4-13/h1-8,11H,9-10H2,(H2,18,19,21,22). The quantitative estimate of drug-likeness (QED) is 0.717. The SMILES string of the molecule is c1cc(CNc2cnnc(NCc3ccncc3)n2)ccn1. The summed E-state index contributed by atoms with van der Waals surface area (Å²) in [6, 6.07) is 7.77. The van der Waals surface area contributed by atoms with E-state index < -0.39 is 0 Å². The number of nitrogens with one attached hydrogen (secondary N) is 2. The van der Waals surface area contributed by atoms with Gasteiger partial charge in [-0.3, -0.25) is 9.97 Å². The van der Waals surface area contributed by atoms with Gasteiger partial charge >= 0.3 is 0 Å². The van der Waals surface area contributed by atoms with Gasteiger partial charge in [-0.25, -0.2) is 0 Å². The van der Waals surface area contributed by atoms with Crippen LogP contribution in [0.15, 0.2) is 55.2 Å². The van der Waals surface area contributed by atoms with E-state index in [-0.39, 0.29) is 0 Å². The van der Waals surface area contributed by atoms with Gasteiger partial charge in [0.05, 0.1) is 6.20 Å². The molecular weight excluding hydrogens is 278 g/mol. The largest absolute Gasteiger partial charge is 0.365 e. The molecule has 3 rings (SSSR count). The molecule has 0 aromatic carbocycles. The zero-order valence-corrected chi connectivity index (χ0v) is 11.8. The summed E-state index contributed by atoms with van der Waals surface area (Å²) >= 11 is 0. The van der Waals surface area contributed by atoms with E-state index in [9.17, 15) is 0 Å². The highest BCUT2D eigenvalue weighted by molar-refractivity contribution is 5.38. The molecular formula is C15H15N7. The van der Waals surface area contributed by atoms with Crippen LogP contribution in [0.3, 0.4) is 0 Å². The molecule has 0 aliphatic rings. The molecule has 3 heterocycles. The van der Waals surface area contributed by atoms with Crippen molar-refractivity contribution in [2.75, 3.05) is 10.6 Å². The van der Waals surface area contributed by atoms with Gasteiger partial charge in [0.2, 0.25) is 5.95 Å². The molecule has 0 saturated heterocycles. The molecule has 0 spiro atoms. The van der Waals surface area contributed by atoms with Crippen molar-refractivity contribution >= 4 is 11.8 Å². The van der Waals surface area contributed by atoms with Crippen LogP contribution in [0, 0.1) is 0 Å². The van der Waals surface area contributed by atoms with Crippen molar-refractivity contribution in [3.63, 3.8) is 0 Å². The lowest BCUT2D eigenvalue weighted by molar-refractivity contribution is 0.936. The van der Waals surface area contributed by atoms with E-state index in [0.717, 1.165) is 11.1 Å². The first kappa shape index (κ1) is 13.9. The molecule has 3 aromatic heterocycles. The first-order valence-corrected chi connectivity index (χ1v) is 6.85. The summed E-state index contributed by atoms with van der Waals surface area (Å²) in [6.45, 7) is 1.28. The van der Waals surface area contributed by atoms with Crippen LogP contribution in [-0.2, 0) is 13.1 Å². The van der Waals surface area contributed by atoms with Gasteiger partial charge in [-0.15, -0.1) is 5.10 Å². The van der Waals surface area contributed by atoms with E-state index in [2.05, 4.69) is 35.8 Å². The minimum atomic E-state index is 0.483. The van der Waals surface area contributed by atoms with Crippen molar-refractivity contribution in [3.05, 3.63) is 66.4 Å². The zero-order valence-electron chi connectivity index (χ0n) is 11.8. The lowest BCUT2D eigenvalue weighted by Crippen LogP contribution is -2.08. The van der Waals surface area contributed by atoms with E-state index in [1.54, 1.807) is 31.0 Å². The molecule has 22 heavy (non-hydrogen) atoms. The Kier molecular flexibility index (Phi) is 4.46. The monoisotopic (exact) mass is 293 g/mol. The van der Waals surface area contributed by atoms with E-state index in [1.807, 2.05) is 24.3 Å². The van der Waals surface area contributed by atoms with Crippen LogP contribution >= 0.6 is 0 Å². The topological polar surface area (TPSA) is 88.5 Å². The summed E-state index contributed by atoms with van der Waals surface area (Å²) in [4.78, 5) is 12.3. The Balaban J connectivity index is 1.58. The van der Waals surface area contributed by atoms with Gasteiger partial charge < -0.3 is 10.6 Å². The van der Waals surface area contributed by atoms with Gasteiger partial charge in [0, 0.05) is 37.9 Å². The Hall–Kier alpha value is -3.09. The van der Waals surface area contributed by atoms with Crippen LogP contribution in [-0.4, -0.2) is 25.1 Å². The minimum absolute atomic E-state index is 0.483. The summed E-state index contributed by atoms with van der Waals surface area (Å²) in [6.07, 6.45) is 8.62. The van der Waals surface area contributed by atoms with Crippen LogP contribution in [0.2, 0.25) is 0 Å². The number of hydrogen-bond donors (Lipinski definition) is 2. The van der Waals surface area contributed by atoms with Gasteiger partial charge in [0.25, 0.3) is 0 Å². The number of hydrogen-bond acceptors (Lipinski definition) is 7. The molecule has 0 bridgehead atoms. The van der Waals surface area contributed by atoms with Crippen molar-refractivity contribution in [2.45, 2.75) is 13.1 Å². The highest BCUT2D eigenvalue weighted by Gasteiger charge is 2.01. The van der Waals surface area contributed by atoms with Crippen LogP contribution in [0.5, 0.6) is 0 Å². The number of rotatable bonds is 6. The van der Waals surface area contributed by atoms with Crippen molar-refractivity contribution in [1.29, 1.82) is 0 Å². The Morgan fingerprint density at radius 1 is 0.773 bits per heavy atom. The molecule has 0 atom stereocenters. The summed E-state index contributed by atoms with van der Waals surface area (Å²) < 4.78 is 0. The van der Waals surface area contributed by atoms with Gasteiger partial charge in [0.1, 0.15) is 0 Å². The third-order valence-electron chi connectivity index (χ3n) is 2.98. The predicted molar refractivity (Wildman–Crippen MR) is 83.0 cm³/mol. The van der Waals surface area contributed by atoms with Crippen molar-refractivity contribution < 1.29 is 0 Å².